The molecule has 4 nitrogen and oxygen atoms in total. The Bertz CT molecular complexity index is 222. The van der Waals surface area contributed by atoms with Gasteiger partial charge in [-0.25, -0.2) is 9.97 Å². The van der Waals surface area contributed by atoms with Crippen LogP contribution in [-0.4, -0.2) is 15.9 Å². The number of carbonyl (C=O) groups excluding carboxylic acids is 1. The molecule has 1 rings (SSSR count). The Morgan fingerprint density at radius 2 is 2.10 bits per heavy atom. The van der Waals surface area contributed by atoms with Crippen molar-refractivity contribution in [1.29, 1.82) is 0 Å². The summed E-state index contributed by atoms with van der Waals surface area (Å²) in [7, 11) is 0. The average Bonchev–Trinajstić information content (AvgIpc) is 1.88. The van der Waals surface area contributed by atoms with E-state index in [0.29, 0.717) is 0 Å². The molecular weight excluding hydrogens is 132 g/mol. The van der Waals surface area contributed by atoms with Gasteiger partial charge in [0.25, 0.3) is 0 Å². The van der Waals surface area contributed by atoms with Crippen molar-refractivity contribution in [2.45, 2.75) is 6.92 Å². The van der Waals surface area contributed by atoms with Crippen LogP contribution < -0.4 is 4.74 Å². The van der Waals surface area contributed by atoms with Gasteiger partial charge in [0, 0.05) is 19.3 Å². The van der Waals surface area contributed by atoms with E-state index in [2.05, 4.69) is 14.7 Å². The van der Waals surface area contributed by atoms with Gasteiger partial charge in [-0.05, 0) is 6.07 Å². The number of aromatic nitrogens is 2. The smallest absolute Gasteiger partial charge is 0.324 e. The number of carbonyl (C=O) groups is 1. The second-order valence-electron chi connectivity index (χ2n) is 1.63. The molecule has 1 heterocycles. The SMILES string of the molecule is CC(=O)Oc1ncccn1. The zero-order valence-corrected chi connectivity index (χ0v) is 5.44. The van der Waals surface area contributed by atoms with E-state index in [4.69, 9.17) is 0 Å². The average molecular weight is 138 g/mol. The molecule has 0 saturated carbocycles. The Labute approximate surface area is 57.9 Å². The van der Waals surface area contributed by atoms with E-state index in [1.807, 2.05) is 0 Å². The molecule has 0 saturated heterocycles. The molecule has 1 aromatic heterocycles. The number of rotatable bonds is 1. The fourth-order valence-electron chi connectivity index (χ4n) is 0.467. The normalized spacial score (nSPS) is 8.90. The third kappa shape index (κ3) is 1.81. The molecule has 4 heteroatoms. The second kappa shape index (κ2) is 2.91. The second-order valence-corrected chi connectivity index (χ2v) is 1.63. The Morgan fingerprint density at radius 3 is 2.60 bits per heavy atom. The van der Waals surface area contributed by atoms with Crippen LogP contribution in [0.2, 0.25) is 0 Å². The fourth-order valence-corrected chi connectivity index (χ4v) is 0.467. The van der Waals surface area contributed by atoms with Crippen LogP contribution in [0.5, 0.6) is 6.01 Å². The largest absolute Gasteiger partial charge is 0.391 e. The molecule has 1 aromatic rings. The van der Waals surface area contributed by atoms with E-state index in [-0.39, 0.29) is 6.01 Å². The Hall–Kier alpha value is -1.45. The highest BCUT2D eigenvalue weighted by atomic mass is 16.5. The summed E-state index contributed by atoms with van der Waals surface area (Å²) in [6.07, 6.45) is 3.01. The first-order valence-corrected chi connectivity index (χ1v) is 2.74. The van der Waals surface area contributed by atoms with E-state index >= 15 is 0 Å². The van der Waals surface area contributed by atoms with Crippen LogP contribution >= 0.6 is 0 Å². The van der Waals surface area contributed by atoms with Crippen molar-refractivity contribution in [2.75, 3.05) is 0 Å². The van der Waals surface area contributed by atoms with Crippen LogP contribution in [0, 0.1) is 0 Å². The highest BCUT2D eigenvalue weighted by Crippen LogP contribution is 1.96. The summed E-state index contributed by atoms with van der Waals surface area (Å²) >= 11 is 0. The number of esters is 1. The predicted octanol–water partition coefficient (Wildman–Crippen LogP) is 0.402. The first-order chi connectivity index (χ1) is 4.79. The molecule has 0 atom stereocenters. The van der Waals surface area contributed by atoms with Gasteiger partial charge in [-0.2, -0.15) is 0 Å². The van der Waals surface area contributed by atoms with Crippen LogP contribution in [0.3, 0.4) is 0 Å². The van der Waals surface area contributed by atoms with Crippen molar-refractivity contribution in [3.8, 4) is 6.01 Å². The van der Waals surface area contributed by atoms with Crippen LogP contribution in [-0.2, 0) is 4.79 Å². The summed E-state index contributed by atoms with van der Waals surface area (Å²) in [6, 6.07) is 1.74. The van der Waals surface area contributed by atoms with Crippen molar-refractivity contribution in [1.82, 2.24) is 9.97 Å². The first kappa shape index (κ1) is 6.67. The summed E-state index contributed by atoms with van der Waals surface area (Å²) in [6.45, 7) is 1.30. The summed E-state index contributed by atoms with van der Waals surface area (Å²) in [5.74, 6) is -0.411. The van der Waals surface area contributed by atoms with Gasteiger partial charge in [0.15, 0.2) is 0 Å². The van der Waals surface area contributed by atoms with Gasteiger partial charge in [0.05, 0.1) is 0 Å². The fraction of sp³-hybridized carbons (Fsp3) is 0.167. The minimum atomic E-state index is -0.411. The van der Waals surface area contributed by atoms with Crippen LogP contribution in [0.25, 0.3) is 0 Å². The number of nitrogens with zero attached hydrogens (tertiary/aromatic N) is 2. The lowest BCUT2D eigenvalue weighted by atomic mass is 10.7. The molecule has 0 radical (unpaired) electrons. The standard InChI is InChI=1S/C6H6N2O2/c1-5(9)10-6-7-3-2-4-8-6/h2-4H,1H3. The van der Waals surface area contributed by atoms with Crippen molar-refractivity contribution in [2.24, 2.45) is 0 Å². The quantitative estimate of drug-likeness (QED) is 0.527. The minimum Gasteiger partial charge on any atom is -0.391 e. The van der Waals surface area contributed by atoms with Gasteiger partial charge in [-0.3, -0.25) is 4.79 Å². The van der Waals surface area contributed by atoms with Gasteiger partial charge in [-0.1, -0.05) is 0 Å². The van der Waals surface area contributed by atoms with E-state index in [1.165, 1.54) is 19.3 Å². The van der Waals surface area contributed by atoms with E-state index < -0.39 is 5.97 Å². The van der Waals surface area contributed by atoms with E-state index in [0.717, 1.165) is 0 Å². The highest BCUT2D eigenvalue weighted by Gasteiger charge is 1.96. The van der Waals surface area contributed by atoms with Crippen molar-refractivity contribution >= 4 is 5.97 Å². The number of hydrogen-bond acceptors (Lipinski definition) is 4. The van der Waals surface area contributed by atoms with Gasteiger partial charge < -0.3 is 4.74 Å². The summed E-state index contributed by atoms with van der Waals surface area (Å²) < 4.78 is 4.55. The lowest BCUT2D eigenvalue weighted by Gasteiger charge is -1.94. The molecule has 0 amide bonds. The summed E-state index contributed by atoms with van der Waals surface area (Å²) in [5, 5.41) is 0. The Morgan fingerprint density at radius 1 is 1.50 bits per heavy atom. The molecular formula is C6H6N2O2. The molecule has 0 bridgehead atoms. The molecule has 0 spiro atoms. The highest BCUT2D eigenvalue weighted by molar-refractivity contribution is 5.68. The lowest BCUT2D eigenvalue weighted by Crippen LogP contribution is -2.03. The van der Waals surface area contributed by atoms with Crippen molar-refractivity contribution < 1.29 is 9.53 Å². The first-order valence-electron chi connectivity index (χ1n) is 2.74. The molecule has 0 unspecified atom stereocenters. The molecule has 0 aliphatic carbocycles. The molecule has 10 heavy (non-hydrogen) atoms. The van der Waals surface area contributed by atoms with Gasteiger partial charge in [0.1, 0.15) is 0 Å². The molecule has 0 aromatic carbocycles. The topological polar surface area (TPSA) is 52.1 Å². The van der Waals surface area contributed by atoms with Gasteiger partial charge >= 0.3 is 12.0 Å². The molecule has 0 aliphatic rings. The molecule has 0 fully saturated rings. The zero-order chi connectivity index (χ0) is 7.40. The monoisotopic (exact) mass is 138 g/mol. The molecule has 0 N–H and O–H groups in total. The minimum absolute atomic E-state index is 0.0926. The van der Waals surface area contributed by atoms with Crippen LogP contribution in [0.15, 0.2) is 18.5 Å². The van der Waals surface area contributed by atoms with E-state index in [1.54, 1.807) is 6.07 Å². The Balaban J connectivity index is 2.67. The third-order valence-electron chi connectivity index (χ3n) is 0.777. The maximum Gasteiger partial charge on any atom is 0.324 e. The molecule has 52 valence electrons. The molecule has 0 aliphatic heterocycles. The predicted molar refractivity (Wildman–Crippen MR) is 33.3 cm³/mol. The van der Waals surface area contributed by atoms with Crippen LogP contribution in [0.1, 0.15) is 6.92 Å². The number of hydrogen-bond donors (Lipinski definition) is 0. The number of ether oxygens (including phenoxy) is 1. The van der Waals surface area contributed by atoms with E-state index in [9.17, 15) is 4.79 Å². The Kier molecular flexibility index (Phi) is 1.94. The van der Waals surface area contributed by atoms with Crippen LogP contribution in [0.4, 0.5) is 0 Å². The summed E-state index contributed by atoms with van der Waals surface area (Å²) in [5.41, 5.74) is 0. The third-order valence-corrected chi connectivity index (χ3v) is 0.777. The van der Waals surface area contributed by atoms with Crippen molar-refractivity contribution in [3.63, 3.8) is 0 Å². The van der Waals surface area contributed by atoms with Gasteiger partial charge in [-0.15, -0.1) is 0 Å². The van der Waals surface area contributed by atoms with Gasteiger partial charge in [0.2, 0.25) is 0 Å². The maximum absolute atomic E-state index is 10.3. The summed E-state index contributed by atoms with van der Waals surface area (Å²) in [4.78, 5) is 17.6. The maximum atomic E-state index is 10.3. The lowest BCUT2D eigenvalue weighted by molar-refractivity contribution is -0.132. The van der Waals surface area contributed by atoms with Crippen molar-refractivity contribution in [3.05, 3.63) is 18.5 Å². The zero-order valence-electron chi connectivity index (χ0n) is 5.44.